The number of hydrogen-bond donors (Lipinski definition) is 2. The Morgan fingerprint density at radius 1 is 1.00 bits per heavy atom. The standard InChI is InChI=1S/C31H32ClN3O4/c1-31(2,3)20-9-7-19(8-10-20)29-26-27(22-17-21(32)11-12-23(22)36)33-34-28(26)30(37)35(29)15-14-18-6-13-24(38-4)25(16-18)39-5/h6-13,16-17,29,36H,14-15H2,1-5H3,(H,33,34). The van der Waals surface area contributed by atoms with Crippen LogP contribution in [0.3, 0.4) is 0 Å². The number of methoxy groups -OCH3 is 2. The van der Waals surface area contributed by atoms with Gasteiger partial charge in [0.2, 0.25) is 0 Å². The number of carbonyl (C=O) groups excluding carboxylic acids is 1. The molecule has 7 nitrogen and oxygen atoms in total. The predicted octanol–water partition coefficient (Wildman–Crippen LogP) is 6.54. The number of ether oxygens (including phenoxy) is 2. The number of nitrogens with one attached hydrogen (secondary N) is 1. The molecule has 1 aliphatic heterocycles. The van der Waals surface area contributed by atoms with Crippen LogP contribution in [0.4, 0.5) is 0 Å². The molecule has 2 heterocycles. The zero-order valence-corrected chi connectivity index (χ0v) is 23.5. The lowest BCUT2D eigenvalue weighted by Crippen LogP contribution is -2.31. The van der Waals surface area contributed by atoms with E-state index in [0.717, 1.165) is 16.7 Å². The fourth-order valence-corrected chi connectivity index (χ4v) is 5.30. The normalized spacial score (nSPS) is 15.0. The Labute approximate surface area is 233 Å². The highest BCUT2D eigenvalue weighted by Gasteiger charge is 2.42. The number of aromatic hydroxyl groups is 1. The zero-order chi connectivity index (χ0) is 27.9. The quantitative estimate of drug-likeness (QED) is 0.275. The number of benzene rings is 3. The first-order valence-corrected chi connectivity index (χ1v) is 13.2. The molecule has 8 heteroatoms. The lowest BCUT2D eigenvalue weighted by Gasteiger charge is -2.27. The van der Waals surface area contributed by atoms with E-state index < -0.39 is 6.04 Å². The second kappa shape index (κ2) is 10.3. The first-order valence-electron chi connectivity index (χ1n) is 12.8. The lowest BCUT2D eigenvalue weighted by molar-refractivity contribution is 0.0746. The number of aromatic amines is 1. The summed E-state index contributed by atoms with van der Waals surface area (Å²) in [6.07, 6.45) is 0.609. The molecule has 1 aromatic heterocycles. The number of amides is 1. The molecule has 1 amide bonds. The SMILES string of the molecule is COc1ccc(CCN2C(=O)c3[nH]nc(-c4cc(Cl)ccc4O)c3C2c2ccc(C(C)(C)C)cc2)cc1OC. The van der Waals surface area contributed by atoms with Crippen LogP contribution >= 0.6 is 11.6 Å². The Morgan fingerprint density at radius 2 is 1.72 bits per heavy atom. The number of nitrogens with zero attached hydrogens (tertiary/aromatic N) is 2. The minimum Gasteiger partial charge on any atom is -0.507 e. The summed E-state index contributed by atoms with van der Waals surface area (Å²) >= 11 is 6.27. The van der Waals surface area contributed by atoms with E-state index in [1.54, 1.807) is 26.4 Å². The average molecular weight is 546 g/mol. The Kier molecular flexibility index (Phi) is 7.03. The van der Waals surface area contributed by atoms with Gasteiger partial charge in [-0.3, -0.25) is 9.89 Å². The molecule has 2 N–H and O–H groups in total. The van der Waals surface area contributed by atoms with Crippen molar-refractivity contribution >= 4 is 17.5 Å². The molecule has 0 bridgehead atoms. The minimum atomic E-state index is -0.395. The van der Waals surface area contributed by atoms with Crippen molar-refractivity contribution in [3.63, 3.8) is 0 Å². The summed E-state index contributed by atoms with van der Waals surface area (Å²) in [6, 6.07) is 18.6. The summed E-state index contributed by atoms with van der Waals surface area (Å²) in [7, 11) is 3.21. The summed E-state index contributed by atoms with van der Waals surface area (Å²) < 4.78 is 10.8. The Hall–Kier alpha value is -3.97. The highest BCUT2D eigenvalue weighted by Crippen LogP contribution is 2.45. The Balaban J connectivity index is 1.57. The second-order valence-corrected chi connectivity index (χ2v) is 11.2. The van der Waals surface area contributed by atoms with Crippen molar-refractivity contribution in [1.29, 1.82) is 0 Å². The number of H-pyrrole nitrogens is 1. The molecule has 0 aliphatic carbocycles. The molecule has 0 saturated carbocycles. The Bertz CT molecular complexity index is 1520. The molecule has 0 radical (unpaired) electrons. The topological polar surface area (TPSA) is 87.7 Å². The molecule has 0 spiro atoms. The van der Waals surface area contributed by atoms with Crippen LogP contribution in [0.1, 0.15) is 59.6 Å². The van der Waals surface area contributed by atoms with Crippen molar-refractivity contribution in [3.8, 4) is 28.5 Å². The maximum atomic E-state index is 13.8. The van der Waals surface area contributed by atoms with E-state index in [1.165, 1.54) is 11.6 Å². The van der Waals surface area contributed by atoms with Crippen LogP contribution in [0.15, 0.2) is 60.7 Å². The van der Waals surface area contributed by atoms with Gasteiger partial charge in [-0.25, -0.2) is 0 Å². The number of rotatable bonds is 7. The van der Waals surface area contributed by atoms with Crippen molar-refractivity contribution in [1.82, 2.24) is 15.1 Å². The van der Waals surface area contributed by atoms with Crippen LogP contribution in [-0.2, 0) is 11.8 Å². The van der Waals surface area contributed by atoms with E-state index in [2.05, 4.69) is 55.2 Å². The first-order chi connectivity index (χ1) is 18.6. The molecule has 5 rings (SSSR count). The molecule has 3 aromatic carbocycles. The molecule has 1 aliphatic rings. The van der Waals surface area contributed by atoms with Gasteiger partial charge in [0.1, 0.15) is 17.1 Å². The van der Waals surface area contributed by atoms with Gasteiger partial charge >= 0.3 is 0 Å². The van der Waals surface area contributed by atoms with Gasteiger partial charge < -0.3 is 19.5 Å². The summed E-state index contributed by atoms with van der Waals surface area (Å²) in [6.45, 7) is 6.98. The number of carbonyl (C=O) groups is 1. The summed E-state index contributed by atoms with van der Waals surface area (Å²) in [4.78, 5) is 15.6. The lowest BCUT2D eigenvalue weighted by atomic mass is 9.85. The van der Waals surface area contributed by atoms with Crippen molar-refractivity contribution in [3.05, 3.63) is 93.6 Å². The molecule has 39 heavy (non-hydrogen) atoms. The van der Waals surface area contributed by atoms with E-state index in [-0.39, 0.29) is 17.1 Å². The molecule has 202 valence electrons. The molecule has 0 fully saturated rings. The van der Waals surface area contributed by atoms with E-state index in [4.69, 9.17) is 21.1 Å². The fourth-order valence-electron chi connectivity index (χ4n) is 5.13. The molecule has 1 atom stereocenters. The van der Waals surface area contributed by atoms with Crippen LogP contribution in [-0.4, -0.2) is 46.9 Å². The van der Waals surface area contributed by atoms with Gasteiger partial charge in [-0.1, -0.05) is 62.7 Å². The number of halogens is 1. The fraction of sp³-hybridized carbons (Fsp3) is 0.290. The Morgan fingerprint density at radius 3 is 2.38 bits per heavy atom. The van der Waals surface area contributed by atoms with E-state index in [1.807, 2.05) is 23.1 Å². The number of phenolic OH excluding ortho intramolecular Hbond substituents is 1. The maximum Gasteiger partial charge on any atom is 0.273 e. The van der Waals surface area contributed by atoms with Crippen LogP contribution in [0.5, 0.6) is 17.2 Å². The highest BCUT2D eigenvalue weighted by atomic mass is 35.5. The zero-order valence-electron chi connectivity index (χ0n) is 22.7. The van der Waals surface area contributed by atoms with Gasteiger partial charge in [-0.15, -0.1) is 0 Å². The van der Waals surface area contributed by atoms with E-state index in [0.29, 0.717) is 46.4 Å². The largest absolute Gasteiger partial charge is 0.507 e. The third kappa shape index (κ3) is 4.94. The number of hydrogen-bond acceptors (Lipinski definition) is 5. The first kappa shape index (κ1) is 26.6. The second-order valence-electron chi connectivity index (χ2n) is 10.7. The minimum absolute atomic E-state index is 0.00429. The summed E-state index contributed by atoms with van der Waals surface area (Å²) in [5.74, 6) is 1.20. The van der Waals surface area contributed by atoms with E-state index in [9.17, 15) is 9.90 Å². The monoisotopic (exact) mass is 545 g/mol. The molecule has 1 unspecified atom stereocenters. The summed E-state index contributed by atoms with van der Waals surface area (Å²) in [5, 5.41) is 18.5. The van der Waals surface area contributed by atoms with Crippen molar-refractivity contribution in [2.24, 2.45) is 0 Å². The smallest absolute Gasteiger partial charge is 0.273 e. The van der Waals surface area contributed by atoms with Gasteiger partial charge in [-0.05, 0) is 58.9 Å². The van der Waals surface area contributed by atoms with Gasteiger partial charge in [0.15, 0.2) is 11.5 Å². The average Bonchev–Trinajstić information content (AvgIpc) is 3.46. The molecule has 0 saturated heterocycles. The molecular formula is C31H32ClN3O4. The van der Waals surface area contributed by atoms with Gasteiger partial charge in [0, 0.05) is 22.7 Å². The van der Waals surface area contributed by atoms with Gasteiger partial charge in [0.25, 0.3) is 5.91 Å². The van der Waals surface area contributed by atoms with Crippen LogP contribution in [0.2, 0.25) is 5.02 Å². The van der Waals surface area contributed by atoms with Crippen molar-refractivity contribution < 1.29 is 19.4 Å². The van der Waals surface area contributed by atoms with Crippen LogP contribution < -0.4 is 9.47 Å². The summed E-state index contributed by atoms with van der Waals surface area (Å²) in [5.41, 5.74) is 5.32. The third-order valence-corrected chi connectivity index (χ3v) is 7.49. The van der Waals surface area contributed by atoms with Crippen LogP contribution in [0.25, 0.3) is 11.3 Å². The van der Waals surface area contributed by atoms with E-state index >= 15 is 0 Å². The van der Waals surface area contributed by atoms with Crippen molar-refractivity contribution in [2.75, 3.05) is 20.8 Å². The highest BCUT2D eigenvalue weighted by molar-refractivity contribution is 6.31. The molecule has 4 aromatic rings. The van der Waals surface area contributed by atoms with Crippen molar-refractivity contribution in [2.45, 2.75) is 38.6 Å². The third-order valence-electron chi connectivity index (χ3n) is 7.26. The number of aromatic nitrogens is 2. The predicted molar refractivity (Wildman–Crippen MR) is 152 cm³/mol. The molecular weight excluding hydrogens is 514 g/mol. The van der Waals surface area contributed by atoms with Gasteiger partial charge in [0.05, 0.1) is 20.3 Å². The maximum absolute atomic E-state index is 13.8. The number of phenols is 1. The van der Waals surface area contributed by atoms with Gasteiger partial charge in [-0.2, -0.15) is 5.10 Å². The van der Waals surface area contributed by atoms with Crippen LogP contribution in [0, 0.1) is 0 Å². The number of fused-ring (bicyclic) bond motifs is 1.